The van der Waals surface area contributed by atoms with Gasteiger partial charge in [-0.25, -0.2) is 0 Å². The Labute approximate surface area is 309 Å². The molecule has 0 atom stereocenters. The standard InChI is InChI=1S/C53H36/c1-53(2)50-18-10-9-16-46(50)47-26-25-37(32-51(47)53)35-20-21-36-30-38(23-22-34(36)29-35)40-27-28-45(43-14-6-5-13-42(40)43)49-31-39-24-19-33-11-3-4-12-41(33)52(39)48-17-8-7-15-44(48)49/h3-32H,1-2H3. The summed E-state index contributed by atoms with van der Waals surface area (Å²) in [5.74, 6) is 0. The number of benzene rings is 10. The topological polar surface area (TPSA) is 0 Å². The first-order valence-corrected chi connectivity index (χ1v) is 18.7. The van der Waals surface area contributed by atoms with Crippen molar-refractivity contribution in [3.8, 4) is 44.5 Å². The van der Waals surface area contributed by atoms with Crippen molar-refractivity contribution < 1.29 is 0 Å². The van der Waals surface area contributed by atoms with Crippen LogP contribution in [0.2, 0.25) is 0 Å². The molecule has 0 radical (unpaired) electrons. The zero-order valence-electron chi connectivity index (χ0n) is 29.8. The van der Waals surface area contributed by atoms with Crippen LogP contribution in [0, 0.1) is 0 Å². The third-order valence-electron chi connectivity index (χ3n) is 12.0. The summed E-state index contributed by atoms with van der Waals surface area (Å²) in [6, 6.07) is 68.0. The SMILES string of the molecule is CC1(C)c2ccccc2-c2ccc(-c3ccc4cc(-c5ccc(-c6cc7ccc8ccccc8c7c7ccccc67)c6ccccc56)ccc4c3)cc21. The molecule has 53 heavy (non-hydrogen) atoms. The molecule has 0 nitrogen and oxygen atoms in total. The van der Waals surface area contributed by atoms with Crippen LogP contribution in [0.4, 0.5) is 0 Å². The summed E-state index contributed by atoms with van der Waals surface area (Å²) in [5, 5.41) is 12.8. The molecule has 0 bridgehead atoms. The van der Waals surface area contributed by atoms with Gasteiger partial charge in [0.1, 0.15) is 0 Å². The van der Waals surface area contributed by atoms with E-state index in [-0.39, 0.29) is 5.41 Å². The van der Waals surface area contributed by atoms with Crippen molar-refractivity contribution in [1.29, 1.82) is 0 Å². The van der Waals surface area contributed by atoms with Gasteiger partial charge in [-0.2, -0.15) is 0 Å². The molecule has 0 unspecified atom stereocenters. The number of hydrogen-bond donors (Lipinski definition) is 0. The molecule has 1 aliphatic carbocycles. The minimum atomic E-state index is -0.0116. The molecular formula is C53H36. The molecule has 248 valence electrons. The fourth-order valence-corrected chi connectivity index (χ4v) is 9.36. The van der Waals surface area contributed by atoms with E-state index in [4.69, 9.17) is 0 Å². The molecule has 10 aromatic carbocycles. The van der Waals surface area contributed by atoms with Crippen LogP contribution in [-0.4, -0.2) is 0 Å². The minimum absolute atomic E-state index is 0.0116. The van der Waals surface area contributed by atoms with Gasteiger partial charge in [0, 0.05) is 5.41 Å². The lowest BCUT2D eigenvalue weighted by atomic mass is 9.81. The first-order chi connectivity index (χ1) is 26.0. The van der Waals surface area contributed by atoms with Gasteiger partial charge in [-0.3, -0.25) is 0 Å². The van der Waals surface area contributed by atoms with Crippen molar-refractivity contribution in [2.75, 3.05) is 0 Å². The summed E-state index contributed by atoms with van der Waals surface area (Å²) in [7, 11) is 0. The van der Waals surface area contributed by atoms with E-state index in [2.05, 4.69) is 196 Å². The van der Waals surface area contributed by atoms with E-state index in [0.717, 1.165) is 0 Å². The zero-order chi connectivity index (χ0) is 35.3. The number of rotatable bonds is 3. The van der Waals surface area contributed by atoms with Crippen molar-refractivity contribution in [1.82, 2.24) is 0 Å². The quantitative estimate of drug-likeness (QED) is 0.164. The van der Waals surface area contributed by atoms with Gasteiger partial charge in [-0.15, -0.1) is 0 Å². The van der Waals surface area contributed by atoms with Gasteiger partial charge in [0.25, 0.3) is 0 Å². The van der Waals surface area contributed by atoms with Crippen molar-refractivity contribution in [3.63, 3.8) is 0 Å². The lowest BCUT2D eigenvalue weighted by Crippen LogP contribution is -2.14. The summed E-state index contributed by atoms with van der Waals surface area (Å²) in [6.45, 7) is 4.70. The molecule has 0 aromatic heterocycles. The number of hydrogen-bond acceptors (Lipinski definition) is 0. The summed E-state index contributed by atoms with van der Waals surface area (Å²) in [6.07, 6.45) is 0. The van der Waals surface area contributed by atoms with Crippen molar-refractivity contribution in [2.45, 2.75) is 19.3 Å². The maximum Gasteiger partial charge on any atom is 0.0159 e. The molecule has 0 amide bonds. The lowest BCUT2D eigenvalue weighted by Gasteiger charge is -2.22. The van der Waals surface area contributed by atoms with Gasteiger partial charge in [-0.05, 0) is 134 Å². The first kappa shape index (κ1) is 30.2. The average Bonchev–Trinajstić information content (AvgIpc) is 3.45. The monoisotopic (exact) mass is 672 g/mol. The highest BCUT2D eigenvalue weighted by molar-refractivity contribution is 6.24. The smallest absolute Gasteiger partial charge is 0.0159 e. The van der Waals surface area contributed by atoms with Crippen LogP contribution in [0.15, 0.2) is 182 Å². The molecular weight excluding hydrogens is 637 g/mol. The Balaban J connectivity index is 1.01. The van der Waals surface area contributed by atoms with Crippen LogP contribution < -0.4 is 0 Å². The van der Waals surface area contributed by atoms with Gasteiger partial charge in [0.05, 0.1) is 0 Å². The molecule has 11 rings (SSSR count). The molecule has 0 saturated carbocycles. The van der Waals surface area contributed by atoms with Crippen molar-refractivity contribution in [2.24, 2.45) is 0 Å². The second-order valence-electron chi connectivity index (χ2n) is 15.3. The van der Waals surface area contributed by atoms with E-state index >= 15 is 0 Å². The van der Waals surface area contributed by atoms with Gasteiger partial charge in [-0.1, -0.05) is 172 Å². The Kier molecular flexibility index (Phi) is 6.40. The Hall–Kier alpha value is -6.50. The van der Waals surface area contributed by atoms with Gasteiger partial charge in [0.15, 0.2) is 0 Å². The molecule has 0 heterocycles. The van der Waals surface area contributed by atoms with E-state index in [1.165, 1.54) is 109 Å². The largest absolute Gasteiger partial charge is 0.0619 e. The number of fused-ring (bicyclic) bond motifs is 10. The average molecular weight is 673 g/mol. The van der Waals surface area contributed by atoms with Crippen LogP contribution in [0.5, 0.6) is 0 Å². The molecule has 10 aromatic rings. The Morgan fingerprint density at radius 3 is 1.60 bits per heavy atom. The molecule has 0 N–H and O–H groups in total. The maximum absolute atomic E-state index is 2.42. The summed E-state index contributed by atoms with van der Waals surface area (Å²) in [4.78, 5) is 0. The van der Waals surface area contributed by atoms with E-state index in [1.807, 2.05) is 0 Å². The molecule has 0 heteroatoms. The first-order valence-electron chi connectivity index (χ1n) is 18.7. The molecule has 0 saturated heterocycles. The highest BCUT2D eigenvalue weighted by Crippen LogP contribution is 2.50. The predicted octanol–water partition coefficient (Wildman–Crippen LogP) is 14.8. The van der Waals surface area contributed by atoms with Crippen molar-refractivity contribution in [3.05, 3.63) is 193 Å². The molecule has 1 aliphatic rings. The molecule has 0 spiro atoms. The Morgan fingerprint density at radius 1 is 0.283 bits per heavy atom. The normalized spacial score (nSPS) is 13.2. The van der Waals surface area contributed by atoms with Gasteiger partial charge < -0.3 is 0 Å². The zero-order valence-corrected chi connectivity index (χ0v) is 29.8. The van der Waals surface area contributed by atoms with Gasteiger partial charge in [0.2, 0.25) is 0 Å². The molecule has 0 fully saturated rings. The highest BCUT2D eigenvalue weighted by atomic mass is 14.4. The highest BCUT2D eigenvalue weighted by Gasteiger charge is 2.35. The third kappa shape index (κ3) is 4.49. The minimum Gasteiger partial charge on any atom is -0.0619 e. The van der Waals surface area contributed by atoms with Crippen molar-refractivity contribution >= 4 is 53.9 Å². The van der Waals surface area contributed by atoms with E-state index in [1.54, 1.807) is 0 Å². The third-order valence-corrected chi connectivity index (χ3v) is 12.0. The second kappa shape index (κ2) is 11.2. The van der Waals surface area contributed by atoms with Crippen LogP contribution >= 0.6 is 0 Å². The molecule has 0 aliphatic heterocycles. The summed E-state index contributed by atoms with van der Waals surface area (Å²) < 4.78 is 0. The van der Waals surface area contributed by atoms with Crippen LogP contribution in [0.25, 0.3) is 98.4 Å². The van der Waals surface area contributed by atoms with Crippen LogP contribution in [0.1, 0.15) is 25.0 Å². The van der Waals surface area contributed by atoms with Crippen LogP contribution in [0.3, 0.4) is 0 Å². The lowest BCUT2D eigenvalue weighted by molar-refractivity contribution is 0.660. The summed E-state index contributed by atoms with van der Waals surface area (Å²) >= 11 is 0. The van der Waals surface area contributed by atoms with E-state index in [9.17, 15) is 0 Å². The second-order valence-corrected chi connectivity index (χ2v) is 15.3. The van der Waals surface area contributed by atoms with E-state index in [0.29, 0.717) is 0 Å². The van der Waals surface area contributed by atoms with Crippen LogP contribution in [-0.2, 0) is 5.41 Å². The predicted molar refractivity (Wildman–Crippen MR) is 228 cm³/mol. The summed E-state index contributed by atoms with van der Waals surface area (Å²) in [5.41, 5.74) is 13.1. The Morgan fingerprint density at radius 2 is 0.792 bits per heavy atom. The Bertz CT molecular complexity index is 3140. The maximum atomic E-state index is 2.42. The fourth-order valence-electron chi connectivity index (χ4n) is 9.36. The fraction of sp³-hybridized carbons (Fsp3) is 0.0566. The van der Waals surface area contributed by atoms with Gasteiger partial charge >= 0.3 is 0 Å². The van der Waals surface area contributed by atoms with E-state index < -0.39 is 0 Å².